The second-order valence-electron chi connectivity index (χ2n) is 4.41. The molecule has 1 aromatic carbocycles. The Balaban J connectivity index is 2.46. The first-order valence-corrected chi connectivity index (χ1v) is 5.63. The van der Waals surface area contributed by atoms with Crippen molar-refractivity contribution in [2.45, 2.75) is 32.3 Å². The van der Waals surface area contributed by atoms with Gasteiger partial charge in [-0.3, -0.25) is 0 Å². The van der Waals surface area contributed by atoms with Gasteiger partial charge < -0.3 is 10.1 Å². The first-order chi connectivity index (χ1) is 7.24. The van der Waals surface area contributed by atoms with Gasteiger partial charge in [-0.25, -0.2) is 0 Å². The van der Waals surface area contributed by atoms with E-state index in [0.29, 0.717) is 5.92 Å². The summed E-state index contributed by atoms with van der Waals surface area (Å²) < 4.78 is 5.51. The molecule has 0 bridgehead atoms. The quantitative estimate of drug-likeness (QED) is 0.799. The van der Waals surface area contributed by atoms with Crippen molar-refractivity contribution in [3.05, 3.63) is 29.3 Å². The van der Waals surface area contributed by atoms with Crippen LogP contribution in [0.5, 0.6) is 0 Å². The van der Waals surface area contributed by atoms with Crippen molar-refractivity contribution in [1.29, 1.82) is 0 Å². The molecule has 1 unspecified atom stereocenters. The molecule has 0 aliphatic carbocycles. The highest BCUT2D eigenvalue weighted by atomic mass is 16.5. The van der Waals surface area contributed by atoms with E-state index in [1.165, 1.54) is 16.8 Å². The van der Waals surface area contributed by atoms with Gasteiger partial charge in [0.2, 0.25) is 0 Å². The van der Waals surface area contributed by atoms with Crippen LogP contribution in [0.15, 0.2) is 18.2 Å². The highest BCUT2D eigenvalue weighted by Gasteiger charge is 2.22. The van der Waals surface area contributed by atoms with E-state index in [0.717, 1.165) is 13.0 Å². The molecule has 0 aromatic heterocycles. The second kappa shape index (κ2) is 4.23. The van der Waals surface area contributed by atoms with Gasteiger partial charge in [0.15, 0.2) is 0 Å². The fourth-order valence-corrected chi connectivity index (χ4v) is 2.27. The fraction of sp³-hybridized carbons (Fsp3) is 0.538. The van der Waals surface area contributed by atoms with E-state index in [1.54, 1.807) is 7.11 Å². The van der Waals surface area contributed by atoms with Crippen LogP contribution in [0.4, 0.5) is 5.69 Å². The molecule has 1 heterocycles. The summed E-state index contributed by atoms with van der Waals surface area (Å²) in [5.74, 6) is 0.558. The minimum absolute atomic E-state index is 0.264. The van der Waals surface area contributed by atoms with E-state index in [4.69, 9.17) is 4.74 Å². The number of anilines is 1. The lowest BCUT2D eigenvalue weighted by atomic mass is 9.92. The van der Waals surface area contributed by atoms with Crippen LogP contribution in [-0.4, -0.2) is 13.7 Å². The number of hydrogen-bond acceptors (Lipinski definition) is 2. The topological polar surface area (TPSA) is 21.3 Å². The van der Waals surface area contributed by atoms with E-state index in [9.17, 15) is 0 Å². The number of rotatable bonds is 2. The van der Waals surface area contributed by atoms with Crippen LogP contribution < -0.4 is 5.32 Å². The highest BCUT2D eigenvalue weighted by Crippen LogP contribution is 2.36. The Kier molecular flexibility index (Phi) is 2.96. The van der Waals surface area contributed by atoms with Gasteiger partial charge in [0.1, 0.15) is 0 Å². The zero-order chi connectivity index (χ0) is 10.8. The summed E-state index contributed by atoms with van der Waals surface area (Å²) in [5, 5.41) is 3.50. The molecule has 2 nitrogen and oxygen atoms in total. The van der Waals surface area contributed by atoms with Gasteiger partial charge in [-0.1, -0.05) is 32.0 Å². The zero-order valence-electron chi connectivity index (χ0n) is 9.71. The van der Waals surface area contributed by atoms with Crippen LogP contribution in [0.1, 0.15) is 43.4 Å². The first kappa shape index (κ1) is 10.5. The molecule has 0 amide bonds. The van der Waals surface area contributed by atoms with Gasteiger partial charge in [-0.2, -0.15) is 0 Å². The summed E-state index contributed by atoms with van der Waals surface area (Å²) >= 11 is 0. The maximum absolute atomic E-state index is 5.51. The summed E-state index contributed by atoms with van der Waals surface area (Å²) in [4.78, 5) is 0. The Labute approximate surface area is 91.6 Å². The summed E-state index contributed by atoms with van der Waals surface area (Å²) in [6, 6.07) is 6.50. The van der Waals surface area contributed by atoms with E-state index < -0.39 is 0 Å². The third kappa shape index (κ3) is 1.86. The molecule has 0 spiro atoms. The molecule has 0 saturated carbocycles. The van der Waals surface area contributed by atoms with Gasteiger partial charge >= 0.3 is 0 Å². The van der Waals surface area contributed by atoms with E-state index in [1.807, 2.05) is 0 Å². The van der Waals surface area contributed by atoms with Crippen molar-refractivity contribution in [3.63, 3.8) is 0 Å². The summed E-state index contributed by atoms with van der Waals surface area (Å²) in [6.07, 6.45) is 1.32. The van der Waals surface area contributed by atoms with Crippen LogP contribution in [0, 0.1) is 0 Å². The second-order valence-corrected chi connectivity index (χ2v) is 4.41. The van der Waals surface area contributed by atoms with Crippen LogP contribution in [0.3, 0.4) is 0 Å². The number of fused-ring (bicyclic) bond motifs is 1. The number of hydrogen-bond donors (Lipinski definition) is 1. The third-order valence-electron chi connectivity index (χ3n) is 3.09. The molecule has 1 N–H and O–H groups in total. The largest absolute Gasteiger partial charge is 0.384 e. The molecule has 1 aliphatic heterocycles. The number of para-hydroxylation sites is 1. The first-order valence-electron chi connectivity index (χ1n) is 5.63. The van der Waals surface area contributed by atoms with Crippen molar-refractivity contribution >= 4 is 5.69 Å². The van der Waals surface area contributed by atoms with Crippen molar-refractivity contribution in [3.8, 4) is 0 Å². The molecule has 2 heteroatoms. The number of benzene rings is 1. The Morgan fingerprint density at radius 2 is 2.20 bits per heavy atom. The van der Waals surface area contributed by atoms with Gasteiger partial charge in [0, 0.05) is 24.9 Å². The molecular weight excluding hydrogens is 186 g/mol. The molecular formula is C13H19NO. The Morgan fingerprint density at radius 1 is 1.40 bits per heavy atom. The molecule has 1 atom stereocenters. The van der Waals surface area contributed by atoms with E-state index >= 15 is 0 Å². The summed E-state index contributed by atoms with van der Waals surface area (Å²) in [7, 11) is 1.79. The van der Waals surface area contributed by atoms with Gasteiger partial charge in [-0.15, -0.1) is 0 Å². The molecule has 15 heavy (non-hydrogen) atoms. The number of ether oxygens (including phenoxy) is 1. The maximum Gasteiger partial charge on any atom is 0.0857 e. The standard InChI is InChI=1S/C13H19NO/c1-9(2)10-5-4-6-11-12(15-3)7-8-14-13(10)11/h4-6,9,12,14H,7-8H2,1-3H3. The van der Waals surface area contributed by atoms with Crippen LogP contribution in [0.2, 0.25) is 0 Å². The highest BCUT2D eigenvalue weighted by molar-refractivity contribution is 5.61. The average molecular weight is 205 g/mol. The average Bonchev–Trinajstić information content (AvgIpc) is 2.27. The predicted molar refractivity (Wildman–Crippen MR) is 63.4 cm³/mol. The minimum atomic E-state index is 0.264. The van der Waals surface area contributed by atoms with Crippen molar-refractivity contribution in [2.24, 2.45) is 0 Å². The Hall–Kier alpha value is -1.02. The molecule has 82 valence electrons. The third-order valence-corrected chi connectivity index (χ3v) is 3.09. The van der Waals surface area contributed by atoms with Crippen LogP contribution in [0.25, 0.3) is 0 Å². The summed E-state index contributed by atoms with van der Waals surface area (Å²) in [6.45, 7) is 5.47. The van der Waals surface area contributed by atoms with Crippen molar-refractivity contribution < 1.29 is 4.74 Å². The minimum Gasteiger partial charge on any atom is -0.384 e. The Bertz CT molecular complexity index is 346. The van der Waals surface area contributed by atoms with Crippen LogP contribution in [-0.2, 0) is 4.74 Å². The smallest absolute Gasteiger partial charge is 0.0857 e. The van der Waals surface area contributed by atoms with Crippen molar-refractivity contribution in [1.82, 2.24) is 0 Å². The lowest BCUT2D eigenvalue weighted by Crippen LogP contribution is -2.19. The molecule has 0 fully saturated rings. The zero-order valence-corrected chi connectivity index (χ0v) is 9.71. The Morgan fingerprint density at radius 3 is 2.87 bits per heavy atom. The SMILES string of the molecule is COC1CCNc2c(C(C)C)cccc21. The van der Waals surface area contributed by atoms with E-state index in [-0.39, 0.29) is 6.10 Å². The number of nitrogens with one attached hydrogen (secondary N) is 1. The lowest BCUT2D eigenvalue weighted by Gasteiger charge is -2.28. The normalized spacial score (nSPS) is 19.9. The summed E-state index contributed by atoms with van der Waals surface area (Å²) in [5.41, 5.74) is 4.01. The molecule has 1 aliphatic rings. The van der Waals surface area contributed by atoms with E-state index in [2.05, 4.69) is 37.4 Å². The van der Waals surface area contributed by atoms with Crippen LogP contribution >= 0.6 is 0 Å². The maximum atomic E-state index is 5.51. The monoisotopic (exact) mass is 205 g/mol. The lowest BCUT2D eigenvalue weighted by molar-refractivity contribution is 0.0964. The van der Waals surface area contributed by atoms with Gasteiger partial charge in [-0.05, 0) is 17.9 Å². The number of methoxy groups -OCH3 is 1. The van der Waals surface area contributed by atoms with Crippen molar-refractivity contribution in [2.75, 3.05) is 19.0 Å². The molecule has 0 saturated heterocycles. The predicted octanol–water partition coefficient (Wildman–Crippen LogP) is 3.31. The fourth-order valence-electron chi connectivity index (χ4n) is 2.27. The molecule has 2 rings (SSSR count). The van der Waals surface area contributed by atoms with Gasteiger partial charge in [0.25, 0.3) is 0 Å². The molecule has 1 aromatic rings. The van der Waals surface area contributed by atoms with Gasteiger partial charge in [0.05, 0.1) is 6.10 Å². The molecule has 0 radical (unpaired) electrons.